The Kier molecular flexibility index (Phi) is 9.89. The molecule has 6 nitrogen and oxygen atoms in total. The van der Waals surface area contributed by atoms with E-state index in [0.29, 0.717) is 21.7 Å². The van der Waals surface area contributed by atoms with E-state index < -0.39 is 0 Å². The van der Waals surface area contributed by atoms with Crippen LogP contribution in [0.25, 0.3) is 11.1 Å². The fourth-order valence-corrected chi connectivity index (χ4v) is 5.32. The van der Waals surface area contributed by atoms with Crippen LogP contribution in [0, 0.1) is 5.92 Å². The zero-order valence-electron chi connectivity index (χ0n) is 23.0. The molecule has 3 N–H and O–H groups in total. The number of halogens is 2. The summed E-state index contributed by atoms with van der Waals surface area (Å²) in [6.07, 6.45) is 5.57. The second-order valence-electron chi connectivity index (χ2n) is 11.3. The summed E-state index contributed by atoms with van der Waals surface area (Å²) in [4.78, 5) is 18.3. The average molecular weight is 570 g/mol. The standard InChI is InChI=1S/C31H38Cl2N4O2/c1-21(38)35-18-22-7-10-37(11-8-22)20-23-12-24(25-14-26(32)17-27(33)15-25)16-30(13-23)39-29-5-4-28(36-19-29)6-9-31(2,3)34/h4-5,12-17,19,22H,6-11,18,20,34H2,1-3H3,(H,35,38). The van der Waals surface area contributed by atoms with E-state index in [4.69, 9.17) is 33.7 Å². The quantitative estimate of drug-likeness (QED) is 0.279. The molecule has 39 heavy (non-hydrogen) atoms. The first kappa shape index (κ1) is 29.3. The smallest absolute Gasteiger partial charge is 0.216 e. The summed E-state index contributed by atoms with van der Waals surface area (Å²) in [5.74, 6) is 1.97. The van der Waals surface area contributed by atoms with E-state index in [-0.39, 0.29) is 11.4 Å². The summed E-state index contributed by atoms with van der Waals surface area (Å²) in [7, 11) is 0. The van der Waals surface area contributed by atoms with Gasteiger partial charge in [0.05, 0.1) is 6.20 Å². The third-order valence-electron chi connectivity index (χ3n) is 6.97. The second kappa shape index (κ2) is 13.1. The van der Waals surface area contributed by atoms with Gasteiger partial charge in [-0.1, -0.05) is 23.2 Å². The van der Waals surface area contributed by atoms with E-state index in [1.165, 1.54) is 0 Å². The molecule has 0 bridgehead atoms. The van der Waals surface area contributed by atoms with Crippen LogP contribution in [0.3, 0.4) is 0 Å². The Balaban J connectivity index is 1.51. The SMILES string of the molecule is CC(=O)NCC1CCN(Cc2cc(Oc3ccc(CCC(C)(C)N)nc3)cc(-c3cc(Cl)cc(Cl)c3)c2)CC1. The maximum atomic E-state index is 11.3. The number of rotatable bonds is 10. The van der Waals surface area contributed by atoms with E-state index in [1.807, 2.05) is 44.2 Å². The zero-order chi connectivity index (χ0) is 28.0. The number of ether oxygens (including phenoxy) is 1. The number of piperidine rings is 1. The lowest BCUT2D eigenvalue weighted by molar-refractivity contribution is -0.119. The van der Waals surface area contributed by atoms with E-state index >= 15 is 0 Å². The number of hydrogen-bond acceptors (Lipinski definition) is 5. The monoisotopic (exact) mass is 568 g/mol. The summed E-state index contributed by atoms with van der Waals surface area (Å²) in [6.45, 7) is 9.14. The first-order valence-electron chi connectivity index (χ1n) is 13.5. The van der Waals surface area contributed by atoms with Gasteiger partial charge in [-0.3, -0.25) is 14.7 Å². The first-order chi connectivity index (χ1) is 18.5. The topological polar surface area (TPSA) is 80.5 Å². The summed E-state index contributed by atoms with van der Waals surface area (Å²) >= 11 is 12.7. The van der Waals surface area contributed by atoms with Crippen LogP contribution in [0.15, 0.2) is 54.7 Å². The van der Waals surface area contributed by atoms with Gasteiger partial charge in [-0.2, -0.15) is 0 Å². The van der Waals surface area contributed by atoms with Crippen molar-refractivity contribution in [1.82, 2.24) is 15.2 Å². The van der Waals surface area contributed by atoms with E-state index in [0.717, 1.165) is 80.0 Å². The van der Waals surface area contributed by atoms with Crippen LogP contribution in [0.4, 0.5) is 0 Å². The summed E-state index contributed by atoms with van der Waals surface area (Å²) < 4.78 is 6.29. The lowest BCUT2D eigenvalue weighted by atomic mass is 9.96. The molecular formula is C31H38Cl2N4O2. The van der Waals surface area contributed by atoms with Gasteiger partial charge in [-0.05, 0) is 124 Å². The zero-order valence-corrected chi connectivity index (χ0v) is 24.5. The molecule has 1 fully saturated rings. The van der Waals surface area contributed by atoms with Gasteiger partial charge in [0, 0.05) is 41.3 Å². The largest absolute Gasteiger partial charge is 0.456 e. The molecular weight excluding hydrogens is 531 g/mol. The van der Waals surface area contributed by atoms with Crippen molar-refractivity contribution in [2.75, 3.05) is 19.6 Å². The Morgan fingerprint density at radius 3 is 2.36 bits per heavy atom. The van der Waals surface area contributed by atoms with Gasteiger partial charge in [-0.25, -0.2) is 0 Å². The van der Waals surface area contributed by atoms with Crippen LogP contribution in [-0.4, -0.2) is 41.0 Å². The van der Waals surface area contributed by atoms with E-state index in [1.54, 1.807) is 19.2 Å². The summed E-state index contributed by atoms with van der Waals surface area (Å²) in [5, 5.41) is 4.14. The van der Waals surface area contributed by atoms with Gasteiger partial charge in [0.15, 0.2) is 0 Å². The normalized spacial score (nSPS) is 14.8. The Morgan fingerprint density at radius 1 is 1.05 bits per heavy atom. The molecule has 3 aromatic rings. The van der Waals surface area contributed by atoms with Crippen molar-refractivity contribution in [3.63, 3.8) is 0 Å². The first-order valence-corrected chi connectivity index (χ1v) is 14.3. The molecule has 2 aromatic carbocycles. The summed E-state index contributed by atoms with van der Waals surface area (Å²) in [5.41, 5.74) is 9.96. The minimum absolute atomic E-state index is 0.0345. The number of hydrogen-bond donors (Lipinski definition) is 2. The number of pyridine rings is 1. The Morgan fingerprint density at radius 2 is 1.74 bits per heavy atom. The highest BCUT2D eigenvalue weighted by Crippen LogP contribution is 2.33. The predicted molar refractivity (Wildman–Crippen MR) is 159 cm³/mol. The van der Waals surface area contributed by atoms with Crippen molar-refractivity contribution in [3.05, 3.63) is 76.0 Å². The maximum Gasteiger partial charge on any atom is 0.216 e. The highest BCUT2D eigenvalue weighted by molar-refractivity contribution is 6.35. The number of nitrogens with one attached hydrogen (secondary N) is 1. The molecule has 1 aliphatic heterocycles. The molecule has 1 aromatic heterocycles. The highest BCUT2D eigenvalue weighted by atomic mass is 35.5. The van der Waals surface area contributed by atoms with Gasteiger partial charge < -0.3 is 15.8 Å². The molecule has 8 heteroatoms. The number of aryl methyl sites for hydroxylation is 1. The molecule has 1 saturated heterocycles. The van der Waals surface area contributed by atoms with E-state index in [9.17, 15) is 4.79 Å². The van der Waals surface area contributed by atoms with Crippen LogP contribution in [0.1, 0.15) is 51.3 Å². The van der Waals surface area contributed by atoms with Crippen molar-refractivity contribution >= 4 is 29.1 Å². The molecule has 0 aliphatic carbocycles. The van der Waals surface area contributed by atoms with Crippen molar-refractivity contribution < 1.29 is 9.53 Å². The molecule has 4 rings (SSSR count). The highest BCUT2D eigenvalue weighted by Gasteiger charge is 2.20. The number of amides is 1. The van der Waals surface area contributed by atoms with E-state index in [2.05, 4.69) is 27.3 Å². The molecule has 1 aliphatic rings. The van der Waals surface area contributed by atoms with Crippen LogP contribution in [0.5, 0.6) is 11.5 Å². The number of carbonyl (C=O) groups is 1. The number of likely N-dealkylation sites (tertiary alicyclic amines) is 1. The third-order valence-corrected chi connectivity index (χ3v) is 7.41. The molecule has 0 spiro atoms. The minimum atomic E-state index is -0.225. The van der Waals surface area contributed by atoms with Crippen molar-refractivity contribution in [2.45, 2.75) is 58.5 Å². The Labute approximate surface area is 241 Å². The number of benzene rings is 2. The van der Waals surface area contributed by atoms with Gasteiger partial charge in [0.25, 0.3) is 0 Å². The molecule has 1 amide bonds. The molecule has 0 atom stereocenters. The number of aromatic nitrogens is 1. The molecule has 0 radical (unpaired) electrons. The second-order valence-corrected chi connectivity index (χ2v) is 12.1. The Bertz CT molecular complexity index is 1250. The Hall–Kier alpha value is -2.64. The lowest BCUT2D eigenvalue weighted by Crippen LogP contribution is -2.37. The van der Waals surface area contributed by atoms with Crippen LogP contribution < -0.4 is 15.8 Å². The maximum absolute atomic E-state index is 11.3. The number of nitrogens with zero attached hydrogens (tertiary/aromatic N) is 2. The van der Waals surface area contributed by atoms with Crippen molar-refractivity contribution in [3.8, 4) is 22.6 Å². The predicted octanol–water partition coefficient (Wildman–Crippen LogP) is 6.87. The van der Waals surface area contributed by atoms with Crippen molar-refractivity contribution in [1.29, 1.82) is 0 Å². The fraction of sp³-hybridized carbons (Fsp3) is 0.419. The van der Waals surface area contributed by atoms with Gasteiger partial charge in [-0.15, -0.1) is 0 Å². The number of nitrogens with two attached hydrogens (primary N) is 1. The molecule has 0 saturated carbocycles. The molecule has 0 unspecified atom stereocenters. The van der Waals surface area contributed by atoms with Crippen LogP contribution in [-0.2, 0) is 17.8 Å². The molecule has 2 heterocycles. The number of carbonyl (C=O) groups excluding carboxylic acids is 1. The third kappa shape index (κ3) is 9.50. The van der Waals surface area contributed by atoms with Gasteiger partial charge >= 0.3 is 0 Å². The summed E-state index contributed by atoms with van der Waals surface area (Å²) in [6, 6.07) is 15.8. The van der Waals surface area contributed by atoms with Gasteiger partial charge in [0.2, 0.25) is 5.91 Å². The van der Waals surface area contributed by atoms with Gasteiger partial charge in [0.1, 0.15) is 11.5 Å². The lowest BCUT2D eigenvalue weighted by Gasteiger charge is -2.32. The van der Waals surface area contributed by atoms with Crippen molar-refractivity contribution in [2.24, 2.45) is 11.7 Å². The van der Waals surface area contributed by atoms with Crippen LogP contribution in [0.2, 0.25) is 10.0 Å². The fourth-order valence-electron chi connectivity index (χ4n) is 4.80. The van der Waals surface area contributed by atoms with Crippen LogP contribution >= 0.6 is 23.2 Å². The average Bonchev–Trinajstić information content (AvgIpc) is 2.87. The minimum Gasteiger partial charge on any atom is -0.456 e. The molecule has 208 valence electrons.